The number of benzene rings is 2. The summed E-state index contributed by atoms with van der Waals surface area (Å²) in [7, 11) is 1.33. The lowest BCUT2D eigenvalue weighted by Gasteiger charge is -2.20. The number of rotatable bonds is 10. The van der Waals surface area contributed by atoms with Crippen molar-refractivity contribution in [3.05, 3.63) is 52.0 Å². The van der Waals surface area contributed by atoms with Crippen molar-refractivity contribution in [2.24, 2.45) is 0 Å². The van der Waals surface area contributed by atoms with E-state index < -0.39 is 9.84 Å². The fraction of sp³-hybridized carbons (Fsp3) is 0.409. The van der Waals surface area contributed by atoms with Crippen LogP contribution in [0.4, 0.5) is 0 Å². The number of carbonyl (C=O) groups excluding carboxylic acids is 1. The lowest BCUT2D eigenvalue weighted by Crippen LogP contribution is -2.30. The maximum absolute atomic E-state index is 13.0. The molecule has 0 bridgehead atoms. The first-order valence-corrected chi connectivity index (χ1v) is 12.1. The van der Waals surface area contributed by atoms with E-state index in [0.717, 1.165) is 5.56 Å². The number of methoxy groups -OCH3 is 3. The van der Waals surface area contributed by atoms with Crippen LogP contribution in [0.3, 0.4) is 0 Å². The fourth-order valence-corrected chi connectivity index (χ4v) is 4.16. The normalized spacial score (nSPS) is 12.2. The minimum atomic E-state index is -3.14. The Balaban J connectivity index is 2.28. The molecule has 31 heavy (non-hydrogen) atoms. The molecule has 2 aromatic carbocycles. The van der Waals surface area contributed by atoms with Crippen LogP contribution in [0.25, 0.3) is 0 Å². The monoisotopic (exact) mass is 469 g/mol. The molecule has 0 saturated heterocycles. The Bertz CT molecular complexity index is 1020. The number of nitrogens with one attached hydrogen (secondary N) is 1. The van der Waals surface area contributed by atoms with E-state index in [1.807, 2.05) is 12.1 Å². The van der Waals surface area contributed by atoms with Gasteiger partial charge in [0.05, 0.1) is 27.1 Å². The third-order valence-electron chi connectivity index (χ3n) is 5.01. The maximum atomic E-state index is 13.0. The number of sulfone groups is 1. The molecule has 0 aliphatic rings. The zero-order valence-electron chi connectivity index (χ0n) is 18.3. The third kappa shape index (κ3) is 6.51. The van der Waals surface area contributed by atoms with E-state index in [0.29, 0.717) is 39.8 Å². The summed E-state index contributed by atoms with van der Waals surface area (Å²) >= 11 is 5.97. The van der Waals surface area contributed by atoms with Gasteiger partial charge in [0, 0.05) is 34.9 Å². The number of hydrogen-bond donors (Lipinski definition) is 1. The van der Waals surface area contributed by atoms with Crippen LogP contribution in [0.5, 0.6) is 17.2 Å². The standard InChI is InChI=1S/C22H28ClNO6S/c1-14-18(12-19(28-2)21(30-4)20(14)29-3)22(25)24-13-16(10-11-31(5,26)27)15-6-8-17(23)9-7-15/h6-9,12,16H,10-11,13H2,1-5H3,(H,24,25). The second kappa shape index (κ2) is 10.7. The lowest BCUT2D eigenvalue weighted by molar-refractivity contribution is 0.0949. The molecular formula is C22H28ClNO6S. The third-order valence-corrected chi connectivity index (χ3v) is 6.24. The van der Waals surface area contributed by atoms with Gasteiger partial charge in [0.25, 0.3) is 5.91 Å². The number of hydrogen-bond acceptors (Lipinski definition) is 6. The molecule has 2 aromatic rings. The molecular weight excluding hydrogens is 442 g/mol. The summed E-state index contributed by atoms with van der Waals surface area (Å²) in [6.07, 6.45) is 1.57. The minimum absolute atomic E-state index is 0.0133. The molecule has 0 aromatic heterocycles. The highest BCUT2D eigenvalue weighted by Gasteiger charge is 2.23. The Morgan fingerprint density at radius 2 is 1.68 bits per heavy atom. The van der Waals surface area contributed by atoms with E-state index in [4.69, 9.17) is 25.8 Å². The van der Waals surface area contributed by atoms with Gasteiger partial charge < -0.3 is 19.5 Å². The molecule has 1 atom stereocenters. The van der Waals surface area contributed by atoms with E-state index in [1.54, 1.807) is 25.1 Å². The van der Waals surface area contributed by atoms with Gasteiger partial charge in [-0.2, -0.15) is 0 Å². The Hall–Kier alpha value is -2.45. The van der Waals surface area contributed by atoms with Crippen LogP contribution in [0.15, 0.2) is 30.3 Å². The van der Waals surface area contributed by atoms with Crippen molar-refractivity contribution in [1.29, 1.82) is 0 Å². The van der Waals surface area contributed by atoms with Crippen molar-refractivity contribution >= 4 is 27.3 Å². The van der Waals surface area contributed by atoms with Gasteiger partial charge in [-0.05, 0) is 37.1 Å². The first kappa shape index (κ1) is 24.8. The molecule has 0 spiro atoms. The molecule has 7 nitrogen and oxygen atoms in total. The molecule has 9 heteroatoms. The summed E-state index contributed by atoms with van der Waals surface area (Å²) in [6, 6.07) is 8.77. The summed E-state index contributed by atoms with van der Waals surface area (Å²) in [4.78, 5) is 13.0. The highest BCUT2D eigenvalue weighted by molar-refractivity contribution is 7.90. The molecule has 0 aliphatic carbocycles. The molecule has 0 aliphatic heterocycles. The van der Waals surface area contributed by atoms with Gasteiger partial charge in [-0.25, -0.2) is 8.42 Å². The second-order valence-corrected chi connectivity index (χ2v) is 9.89. The first-order valence-electron chi connectivity index (χ1n) is 9.62. The lowest BCUT2D eigenvalue weighted by atomic mass is 9.96. The molecule has 0 fully saturated rings. The molecule has 1 amide bonds. The van der Waals surface area contributed by atoms with E-state index in [2.05, 4.69) is 5.32 Å². The number of ether oxygens (including phenoxy) is 3. The Morgan fingerprint density at radius 1 is 1.06 bits per heavy atom. The fourth-order valence-electron chi connectivity index (χ4n) is 3.32. The predicted octanol–water partition coefficient (Wildman–Crippen LogP) is 3.62. The van der Waals surface area contributed by atoms with Crippen LogP contribution in [-0.4, -0.2) is 54.2 Å². The summed E-state index contributed by atoms with van der Waals surface area (Å²) < 4.78 is 39.5. The van der Waals surface area contributed by atoms with Crippen molar-refractivity contribution < 1.29 is 27.4 Å². The summed E-state index contributed by atoms with van der Waals surface area (Å²) in [5.41, 5.74) is 1.89. The van der Waals surface area contributed by atoms with Crippen LogP contribution in [0, 0.1) is 6.92 Å². The van der Waals surface area contributed by atoms with Gasteiger partial charge in [-0.3, -0.25) is 4.79 Å². The van der Waals surface area contributed by atoms with Gasteiger partial charge in [-0.15, -0.1) is 0 Å². The predicted molar refractivity (Wildman–Crippen MR) is 122 cm³/mol. The average molecular weight is 470 g/mol. The van der Waals surface area contributed by atoms with Crippen molar-refractivity contribution in [3.63, 3.8) is 0 Å². The van der Waals surface area contributed by atoms with Gasteiger partial charge in [-0.1, -0.05) is 23.7 Å². The molecule has 0 saturated carbocycles. The highest BCUT2D eigenvalue weighted by atomic mass is 35.5. The van der Waals surface area contributed by atoms with E-state index in [1.165, 1.54) is 27.6 Å². The van der Waals surface area contributed by atoms with Crippen molar-refractivity contribution in [2.45, 2.75) is 19.3 Å². The number of amides is 1. The van der Waals surface area contributed by atoms with Crippen molar-refractivity contribution in [1.82, 2.24) is 5.32 Å². The van der Waals surface area contributed by atoms with Crippen LogP contribution < -0.4 is 19.5 Å². The topological polar surface area (TPSA) is 90.9 Å². The largest absolute Gasteiger partial charge is 0.493 e. The van der Waals surface area contributed by atoms with Gasteiger partial charge in [0.2, 0.25) is 5.75 Å². The van der Waals surface area contributed by atoms with E-state index in [-0.39, 0.29) is 24.1 Å². The minimum Gasteiger partial charge on any atom is -0.493 e. The molecule has 2 rings (SSSR count). The Labute approximate surface area is 188 Å². The Kier molecular flexibility index (Phi) is 8.59. The van der Waals surface area contributed by atoms with Gasteiger partial charge in [0.15, 0.2) is 11.5 Å². The van der Waals surface area contributed by atoms with Crippen LogP contribution in [-0.2, 0) is 9.84 Å². The zero-order chi connectivity index (χ0) is 23.2. The second-order valence-electron chi connectivity index (χ2n) is 7.19. The molecule has 0 heterocycles. The summed E-state index contributed by atoms with van der Waals surface area (Å²) in [5.74, 6) is 0.693. The zero-order valence-corrected chi connectivity index (χ0v) is 19.9. The molecule has 1 N–H and O–H groups in total. The smallest absolute Gasteiger partial charge is 0.251 e. The SMILES string of the molecule is COc1cc(C(=O)NCC(CCS(C)(=O)=O)c2ccc(Cl)cc2)c(C)c(OC)c1OC. The quantitative estimate of drug-likeness (QED) is 0.571. The van der Waals surface area contributed by atoms with Crippen molar-refractivity contribution in [2.75, 3.05) is 39.9 Å². The van der Waals surface area contributed by atoms with Crippen molar-refractivity contribution in [3.8, 4) is 17.2 Å². The first-order chi connectivity index (χ1) is 14.6. The summed E-state index contributed by atoms with van der Waals surface area (Å²) in [6.45, 7) is 2.02. The summed E-state index contributed by atoms with van der Waals surface area (Å²) in [5, 5.41) is 3.50. The molecule has 0 radical (unpaired) electrons. The average Bonchev–Trinajstić information content (AvgIpc) is 2.73. The highest BCUT2D eigenvalue weighted by Crippen LogP contribution is 2.41. The molecule has 1 unspecified atom stereocenters. The van der Waals surface area contributed by atoms with Crippen LogP contribution in [0.2, 0.25) is 5.02 Å². The van der Waals surface area contributed by atoms with E-state index in [9.17, 15) is 13.2 Å². The van der Waals surface area contributed by atoms with Crippen LogP contribution >= 0.6 is 11.6 Å². The van der Waals surface area contributed by atoms with Gasteiger partial charge in [0.1, 0.15) is 9.84 Å². The molecule has 170 valence electrons. The van der Waals surface area contributed by atoms with Crippen LogP contribution in [0.1, 0.15) is 33.8 Å². The maximum Gasteiger partial charge on any atom is 0.251 e. The van der Waals surface area contributed by atoms with E-state index >= 15 is 0 Å². The Morgan fingerprint density at radius 3 is 2.19 bits per heavy atom. The number of halogens is 1. The van der Waals surface area contributed by atoms with Gasteiger partial charge >= 0.3 is 0 Å². The number of carbonyl (C=O) groups is 1.